The van der Waals surface area contributed by atoms with E-state index in [0.29, 0.717) is 0 Å². The Balaban J connectivity index is 0.00000220. The summed E-state index contributed by atoms with van der Waals surface area (Å²) in [5, 5.41) is 9.11. The highest BCUT2D eigenvalue weighted by molar-refractivity contribution is 5.97. The van der Waals surface area contributed by atoms with Crippen LogP contribution in [0.4, 0.5) is 0 Å². The number of carbonyl (C=O) groups excluding carboxylic acids is 1. The lowest BCUT2D eigenvalue weighted by atomic mass is 10.1. The van der Waals surface area contributed by atoms with E-state index in [4.69, 9.17) is 10.00 Å². The molecule has 1 fully saturated rings. The van der Waals surface area contributed by atoms with Crippen LogP contribution >= 0.6 is 12.4 Å². The smallest absolute Gasteiger partial charge is 0.349 e. The maximum Gasteiger partial charge on any atom is 0.349 e. The fourth-order valence-corrected chi connectivity index (χ4v) is 2.28. The van der Waals surface area contributed by atoms with E-state index in [-0.39, 0.29) is 24.1 Å². The third kappa shape index (κ3) is 5.22. The monoisotopic (exact) mass is 306 g/mol. The quantitative estimate of drug-likeness (QED) is 0.489. The summed E-state index contributed by atoms with van der Waals surface area (Å²) in [6, 6.07) is 11.2. The SMILES string of the molecule is CN1CCCC(OC(=O)/C(C#N)=C\c2ccccc2)C1.Cl. The normalized spacial score (nSPS) is 19.2. The third-order valence-electron chi connectivity index (χ3n) is 3.31. The van der Waals surface area contributed by atoms with E-state index < -0.39 is 5.97 Å². The van der Waals surface area contributed by atoms with E-state index in [1.807, 2.05) is 43.4 Å². The van der Waals surface area contributed by atoms with Crippen LogP contribution in [-0.2, 0) is 9.53 Å². The molecule has 0 aliphatic carbocycles. The van der Waals surface area contributed by atoms with Crippen molar-refractivity contribution in [1.29, 1.82) is 5.26 Å². The number of nitriles is 1. The van der Waals surface area contributed by atoms with Gasteiger partial charge in [-0.1, -0.05) is 30.3 Å². The van der Waals surface area contributed by atoms with Crippen LogP contribution in [0.3, 0.4) is 0 Å². The molecule has 0 bridgehead atoms. The molecule has 0 radical (unpaired) electrons. The van der Waals surface area contributed by atoms with Gasteiger partial charge in [0.1, 0.15) is 17.7 Å². The fourth-order valence-electron chi connectivity index (χ4n) is 2.28. The Kier molecular flexibility index (Phi) is 6.93. The van der Waals surface area contributed by atoms with Crippen LogP contribution in [0.5, 0.6) is 0 Å². The number of nitrogens with zero attached hydrogens (tertiary/aromatic N) is 2. The molecule has 0 aromatic heterocycles. The summed E-state index contributed by atoms with van der Waals surface area (Å²) in [4.78, 5) is 14.2. The maximum absolute atomic E-state index is 12.0. The predicted octanol–water partition coefficient (Wildman–Crippen LogP) is 2.65. The Morgan fingerprint density at radius 3 is 2.76 bits per heavy atom. The zero-order chi connectivity index (χ0) is 14.4. The highest BCUT2D eigenvalue weighted by atomic mass is 35.5. The first-order valence-corrected chi connectivity index (χ1v) is 6.75. The van der Waals surface area contributed by atoms with Crippen molar-refractivity contribution in [3.05, 3.63) is 41.5 Å². The van der Waals surface area contributed by atoms with Gasteiger partial charge in [-0.3, -0.25) is 0 Å². The second-order valence-electron chi connectivity index (χ2n) is 5.01. The molecule has 1 saturated heterocycles. The van der Waals surface area contributed by atoms with Crippen molar-refractivity contribution in [1.82, 2.24) is 4.90 Å². The summed E-state index contributed by atoms with van der Waals surface area (Å²) in [7, 11) is 2.00. The van der Waals surface area contributed by atoms with Gasteiger partial charge < -0.3 is 9.64 Å². The first kappa shape index (κ1) is 17.2. The average Bonchev–Trinajstić information content (AvgIpc) is 2.45. The van der Waals surface area contributed by atoms with Crippen LogP contribution in [0, 0.1) is 11.3 Å². The number of ether oxygens (including phenoxy) is 1. The van der Waals surface area contributed by atoms with E-state index in [2.05, 4.69) is 4.90 Å². The molecule has 21 heavy (non-hydrogen) atoms. The van der Waals surface area contributed by atoms with E-state index in [1.165, 1.54) is 0 Å². The third-order valence-corrected chi connectivity index (χ3v) is 3.31. The molecule has 1 aromatic carbocycles. The van der Waals surface area contributed by atoms with Gasteiger partial charge in [-0.25, -0.2) is 4.79 Å². The number of carbonyl (C=O) groups is 1. The minimum absolute atomic E-state index is 0. The lowest BCUT2D eigenvalue weighted by molar-refractivity contribution is -0.145. The highest BCUT2D eigenvalue weighted by Crippen LogP contribution is 2.14. The van der Waals surface area contributed by atoms with Gasteiger partial charge in [0, 0.05) is 6.54 Å². The Labute approximate surface area is 131 Å². The largest absolute Gasteiger partial charge is 0.457 e. The number of piperidine rings is 1. The average molecular weight is 307 g/mol. The van der Waals surface area contributed by atoms with Crippen LogP contribution in [0.25, 0.3) is 6.08 Å². The number of likely N-dealkylation sites (tertiary alicyclic amines) is 1. The van der Waals surface area contributed by atoms with Gasteiger partial charge in [0.05, 0.1) is 0 Å². The molecule has 1 heterocycles. The summed E-state index contributed by atoms with van der Waals surface area (Å²) in [6.07, 6.45) is 3.32. The Morgan fingerprint density at radius 1 is 1.43 bits per heavy atom. The molecule has 112 valence electrons. The van der Waals surface area contributed by atoms with Crippen molar-refractivity contribution in [2.24, 2.45) is 0 Å². The van der Waals surface area contributed by atoms with Gasteiger partial charge in [-0.15, -0.1) is 12.4 Å². The molecule has 0 amide bonds. The first-order valence-electron chi connectivity index (χ1n) is 6.75. The molecular formula is C16H19ClN2O2. The lowest BCUT2D eigenvalue weighted by Gasteiger charge is -2.29. The second-order valence-corrected chi connectivity index (χ2v) is 5.01. The highest BCUT2D eigenvalue weighted by Gasteiger charge is 2.22. The van der Waals surface area contributed by atoms with Crippen molar-refractivity contribution in [2.75, 3.05) is 20.1 Å². The molecule has 2 rings (SSSR count). The predicted molar refractivity (Wildman–Crippen MR) is 83.9 cm³/mol. The zero-order valence-corrected chi connectivity index (χ0v) is 12.8. The van der Waals surface area contributed by atoms with Crippen molar-refractivity contribution >= 4 is 24.5 Å². The van der Waals surface area contributed by atoms with Crippen LogP contribution < -0.4 is 0 Å². The summed E-state index contributed by atoms with van der Waals surface area (Å²) < 4.78 is 5.42. The Hall–Kier alpha value is -1.83. The number of benzene rings is 1. The number of hydrogen-bond donors (Lipinski definition) is 0. The molecule has 1 aromatic rings. The summed E-state index contributed by atoms with van der Waals surface area (Å²) in [5.74, 6) is -0.531. The summed E-state index contributed by atoms with van der Waals surface area (Å²) in [6.45, 7) is 1.76. The number of likely N-dealkylation sites (N-methyl/N-ethyl adjacent to an activating group) is 1. The van der Waals surface area contributed by atoms with Crippen molar-refractivity contribution in [2.45, 2.75) is 18.9 Å². The van der Waals surface area contributed by atoms with Crippen LogP contribution in [0.15, 0.2) is 35.9 Å². The standard InChI is InChI=1S/C16H18N2O2.ClH/c1-18-9-5-8-15(12-18)20-16(19)14(11-17)10-13-6-3-2-4-7-13;/h2-4,6-7,10,15H,5,8-9,12H2,1H3;1H/b14-10-;. The van der Waals surface area contributed by atoms with Crippen LogP contribution in [-0.4, -0.2) is 37.1 Å². The van der Waals surface area contributed by atoms with E-state index in [1.54, 1.807) is 6.08 Å². The van der Waals surface area contributed by atoms with Crippen molar-refractivity contribution < 1.29 is 9.53 Å². The summed E-state index contributed by atoms with van der Waals surface area (Å²) in [5.41, 5.74) is 0.867. The van der Waals surface area contributed by atoms with Crippen molar-refractivity contribution in [3.63, 3.8) is 0 Å². The molecule has 0 N–H and O–H groups in total. The molecule has 4 nitrogen and oxygen atoms in total. The molecule has 1 atom stereocenters. The number of halogens is 1. The second kappa shape index (κ2) is 8.46. The maximum atomic E-state index is 12.0. The minimum atomic E-state index is -0.531. The molecule has 0 saturated carbocycles. The van der Waals surface area contributed by atoms with E-state index >= 15 is 0 Å². The van der Waals surface area contributed by atoms with Crippen LogP contribution in [0.1, 0.15) is 18.4 Å². The lowest BCUT2D eigenvalue weighted by Crippen LogP contribution is -2.38. The van der Waals surface area contributed by atoms with Gasteiger partial charge in [-0.2, -0.15) is 5.26 Å². The topological polar surface area (TPSA) is 53.3 Å². The Bertz CT molecular complexity index is 537. The molecule has 5 heteroatoms. The summed E-state index contributed by atoms with van der Waals surface area (Å²) >= 11 is 0. The minimum Gasteiger partial charge on any atom is -0.457 e. The molecule has 0 spiro atoms. The number of esters is 1. The molecule has 1 aliphatic heterocycles. The van der Waals surface area contributed by atoms with E-state index in [0.717, 1.165) is 31.5 Å². The molecule has 1 unspecified atom stereocenters. The number of rotatable bonds is 3. The van der Waals surface area contributed by atoms with Gasteiger partial charge in [0.25, 0.3) is 0 Å². The molecular weight excluding hydrogens is 288 g/mol. The van der Waals surface area contributed by atoms with Gasteiger partial charge in [0.15, 0.2) is 0 Å². The van der Waals surface area contributed by atoms with Crippen LogP contribution in [0.2, 0.25) is 0 Å². The molecule has 1 aliphatic rings. The zero-order valence-electron chi connectivity index (χ0n) is 12.0. The van der Waals surface area contributed by atoms with Gasteiger partial charge in [-0.05, 0) is 38.1 Å². The van der Waals surface area contributed by atoms with Crippen molar-refractivity contribution in [3.8, 4) is 6.07 Å². The van der Waals surface area contributed by atoms with E-state index in [9.17, 15) is 4.79 Å². The van der Waals surface area contributed by atoms with Gasteiger partial charge >= 0.3 is 5.97 Å². The first-order chi connectivity index (χ1) is 9.69. The fraction of sp³-hybridized carbons (Fsp3) is 0.375. The Morgan fingerprint density at radius 2 is 2.14 bits per heavy atom. The van der Waals surface area contributed by atoms with Gasteiger partial charge in [0.2, 0.25) is 0 Å². The number of hydrogen-bond acceptors (Lipinski definition) is 4.